The Morgan fingerprint density at radius 3 is 2.22 bits per heavy atom. The van der Waals surface area contributed by atoms with Crippen LogP contribution in [0.3, 0.4) is 0 Å². The number of benzene rings is 1. The zero-order chi connectivity index (χ0) is 17.2. The second-order valence-corrected chi connectivity index (χ2v) is 5.94. The Hall–Kier alpha value is -2.21. The van der Waals surface area contributed by atoms with Gasteiger partial charge in [-0.1, -0.05) is 30.3 Å². The molecule has 1 aliphatic rings. The van der Waals surface area contributed by atoms with Crippen LogP contribution in [0.2, 0.25) is 0 Å². The highest BCUT2D eigenvalue weighted by Gasteiger charge is 2.56. The Morgan fingerprint density at radius 1 is 1.13 bits per heavy atom. The third kappa shape index (κ3) is 3.12. The van der Waals surface area contributed by atoms with Crippen LogP contribution < -0.4 is 0 Å². The van der Waals surface area contributed by atoms with E-state index in [1.54, 1.807) is 30.3 Å². The third-order valence-electron chi connectivity index (χ3n) is 4.36. The van der Waals surface area contributed by atoms with Crippen LogP contribution in [0.5, 0.6) is 0 Å². The number of methoxy groups -OCH3 is 2. The van der Waals surface area contributed by atoms with E-state index in [1.165, 1.54) is 21.1 Å². The molecule has 0 heterocycles. The van der Waals surface area contributed by atoms with Crippen LogP contribution >= 0.6 is 0 Å². The Morgan fingerprint density at radius 2 is 1.70 bits per heavy atom. The fraction of sp³-hybridized carbons (Fsp3) is 0.471. The number of esters is 2. The fourth-order valence-electron chi connectivity index (χ4n) is 3.34. The molecule has 0 saturated heterocycles. The molecule has 0 amide bonds. The predicted molar refractivity (Wildman–Crippen MR) is 80.4 cm³/mol. The van der Waals surface area contributed by atoms with Crippen LogP contribution in [0.15, 0.2) is 30.3 Å². The molecule has 2 rings (SSSR count). The summed E-state index contributed by atoms with van der Waals surface area (Å²) in [5.74, 6) is -4.86. The van der Waals surface area contributed by atoms with Gasteiger partial charge in [-0.15, -0.1) is 0 Å². The lowest BCUT2D eigenvalue weighted by atomic mass is 9.62. The highest BCUT2D eigenvalue weighted by molar-refractivity contribution is 6.02. The molecule has 0 radical (unpaired) electrons. The molecule has 1 saturated carbocycles. The summed E-state index contributed by atoms with van der Waals surface area (Å²) in [6, 6.07) is 8.70. The van der Waals surface area contributed by atoms with Crippen molar-refractivity contribution in [3.05, 3.63) is 35.9 Å². The van der Waals surface area contributed by atoms with Crippen molar-refractivity contribution in [1.82, 2.24) is 0 Å². The van der Waals surface area contributed by atoms with Crippen LogP contribution in [0.25, 0.3) is 0 Å². The van der Waals surface area contributed by atoms with E-state index in [0.29, 0.717) is 5.56 Å². The molecule has 0 aliphatic heterocycles. The van der Waals surface area contributed by atoms with E-state index < -0.39 is 41.1 Å². The summed E-state index contributed by atoms with van der Waals surface area (Å²) in [6.45, 7) is 1.41. The summed E-state index contributed by atoms with van der Waals surface area (Å²) in [5.41, 5.74) is -0.999. The number of ketones is 1. The Labute approximate surface area is 134 Å². The summed E-state index contributed by atoms with van der Waals surface area (Å²) in [6.07, 6.45) is -0.310. The van der Waals surface area contributed by atoms with Gasteiger partial charge in [-0.25, -0.2) is 0 Å². The Balaban J connectivity index is 2.61. The monoisotopic (exact) mass is 320 g/mol. The van der Waals surface area contributed by atoms with Gasteiger partial charge in [0.1, 0.15) is 5.92 Å². The summed E-state index contributed by atoms with van der Waals surface area (Å²) in [5, 5.41) is 10.6. The fourth-order valence-corrected chi connectivity index (χ4v) is 3.34. The smallest absolute Gasteiger partial charge is 0.316 e. The maximum absolute atomic E-state index is 12.4. The van der Waals surface area contributed by atoms with Gasteiger partial charge in [0, 0.05) is 12.3 Å². The maximum atomic E-state index is 12.4. The first-order valence-electron chi connectivity index (χ1n) is 7.29. The lowest BCUT2D eigenvalue weighted by Gasteiger charge is -2.43. The van der Waals surface area contributed by atoms with Gasteiger partial charge in [0.2, 0.25) is 0 Å². The van der Waals surface area contributed by atoms with Gasteiger partial charge in [0.15, 0.2) is 5.78 Å². The third-order valence-corrected chi connectivity index (χ3v) is 4.36. The number of carbonyl (C=O) groups excluding carboxylic acids is 3. The average molecular weight is 320 g/mol. The van der Waals surface area contributed by atoms with Gasteiger partial charge in [0.05, 0.1) is 25.7 Å². The SMILES string of the molecule is COC(=O)[C@@H]1C(=O)C[C@](C)(O)[C@H](C(=O)OC)[C@@H]1c1ccccc1. The Bertz CT molecular complexity index is 607. The van der Waals surface area contributed by atoms with Gasteiger partial charge in [-0.2, -0.15) is 0 Å². The standard InChI is InChI=1S/C17H20O6/c1-17(21)9-11(18)13(15(19)22-2)12(14(17)16(20)23-3)10-7-5-4-6-8-10/h4-8,12-14,21H,9H2,1-3H3/t12-,13-,14+,17+/m1/s1. The summed E-state index contributed by atoms with van der Waals surface area (Å²) < 4.78 is 9.56. The molecule has 1 aliphatic carbocycles. The molecule has 23 heavy (non-hydrogen) atoms. The molecule has 1 aromatic rings. The van der Waals surface area contributed by atoms with Crippen LogP contribution in [-0.4, -0.2) is 42.6 Å². The highest BCUT2D eigenvalue weighted by atomic mass is 16.5. The van der Waals surface area contributed by atoms with Crippen LogP contribution in [0.1, 0.15) is 24.8 Å². The van der Waals surface area contributed by atoms with Crippen molar-refractivity contribution in [2.45, 2.75) is 24.9 Å². The molecule has 0 aromatic heterocycles. The molecule has 1 aromatic carbocycles. The van der Waals surface area contributed by atoms with Crippen molar-refractivity contribution in [3.8, 4) is 0 Å². The number of carbonyl (C=O) groups is 3. The molecule has 6 heteroatoms. The predicted octanol–water partition coefficient (Wildman–Crippen LogP) is 1.07. The van der Waals surface area contributed by atoms with Crippen LogP contribution in [0.4, 0.5) is 0 Å². The van der Waals surface area contributed by atoms with Gasteiger partial charge in [-0.3, -0.25) is 14.4 Å². The average Bonchev–Trinajstić information content (AvgIpc) is 2.52. The number of Topliss-reactive ketones (excluding diaryl/α,β-unsaturated/α-hetero) is 1. The number of ether oxygens (including phenoxy) is 2. The van der Waals surface area contributed by atoms with E-state index in [2.05, 4.69) is 0 Å². The van der Waals surface area contributed by atoms with Crippen molar-refractivity contribution in [2.24, 2.45) is 11.8 Å². The summed E-state index contributed by atoms with van der Waals surface area (Å²) >= 11 is 0. The second kappa shape index (κ2) is 6.50. The maximum Gasteiger partial charge on any atom is 0.316 e. The zero-order valence-electron chi connectivity index (χ0n) is 13.3. The Kier molecular flexibility index (Phi) is 4.85. The number of hydrogen-bond donors (Lipinski definition) is 1. The highest BCUT2D eigenvalue weighted by Crippen LogP contribution is 2.46. The minimum atomic E-state index is -1.60. The van der Waals surface area contributed by atoms with Crippen molar-refractivity contribution >= 4 is 17.7 Å². The molecule has 4 atom stereocenters. The lowest BCUT2D eigenvalue weighted by molar-refractivity contribution is -0.170. The molecule has 1 fully saturated rings. The first kappa shape index (κ1) is 17.1. The van der Waals surface area contributed by atoms with E-state index in [9.17, 15) is 19.5 Å². The van der Waals surface area contributed by atoms with Crippen LogP contribution in [-0.2, 0) is 23.9 Å². The normalized spacial score (nSPS) is 30.6. The van der Waals surface area contributed by atoms with E-state index in [4.69, 9.17) is 9.47 Å². The number of aliphatic hydroxyl groups is 1. The molecular weight excluding hydrogens is 300 g/mol. The molecule has 1 N–H and O–H groups in total. The topological polar surface area (TPSA) is 89.9 Å². The van der Waals surface area contributed by atoms with Gasteiger partial charge in [0.25, 0.3) is 0 Å². The minimum Gasteiger partial charge on any atom is -0.469 e. The van der Waals surface area contributed by atoms with E-state index >= 15 is 0 Å². The molecule has 0 unspecified atom stereocenters. The van der Waals surface area contributed by atoms with Crippen LogP contribution in [0, 0.1) is 11.8 Å². The molecule has 6 nitrogen and oxygen atoms in total. The van der Waals surface area contributed by atoms with Crippen molar-refractivity contribution in [1.29, 1.82) is 0 Å². The lowest BCUT2D eigenvalue weighted by Crippen LogP contribution is -2.55. The molecule has 0 bridgehead atoms. The molecular formula is C17H20O6. The zero-order valence-corrected chi connectivity index (χ0v) is 13.3. The van der Waals surface area contributed by atoms with Gasteiger partial charge >= 0.3 is 11.9 Å². The number of rotatable bonds is 3. The minimum absolute atomic E-state index is 0.310. The second-order valence-electron chi connectivity index (χ2n) is 5.94. The first-order chi connectivity index (χ1) is 10.8. The van der Waals surface area contributed by atoms with Crippen molar-refractivity contribution in [3.63, 3.8) is 0 Å². The number of hydrogen-bond acceptors (Lipinski definition) is 6. The van der Waals surface area contributed by atoms with E-state index in [1.807, 2.05) is 0 Å². The van der Waals surface area contributed by atoms with Gasteiger partial charge in [-0.05, 0) is 12.5 Å². The van der Waals surface area contributed by atoms with Gasteiger partial charge < -0.3 is 14.6 Å². The van der Waals surface area contributed by atoms with E-state index in [0.717, 1.165) is 0 Å². The quantitative estimate of drug-likeness (QED) is 0.662. The summed E-state index contributed by atoms with van der Waals surface area (Å²) in [7, 11) is 2.40. The molecule has 0 spiro atoms. The van der Waals surface area contributed by atoms with Crippen molar-refractivity contribution in [2.75, 3.05) is 14.2 Å². The molecule has 124 valence electrons. The van der Waals surface area contributed by atoms with Crippen molar-refractivity contribution < 1.29 is 29.0 Å². The first-order valence-corrected chi connectivity index (χ1v) is 7.29. The van der Waals surface area contributed by atoms with E-state index in [-0.39, 0.29) is 6.42 Å². The largest absolute Gasteiger partial charge is 0.469 e. The summed E-state index contributed by atoms with van der Waals surface area (Å²) in [4.78, 5) is 36.9.